The van der Waals surface area contributed by atoms with Crippen molar-refractivity contribution in [3.05, 3.63) is 47.8 Å². The molecule has 0 atom stereocenters. The van der Waals surface area contributed by atoms with E-state index in [1.165, 1.54) is 24.8 Å². The van der Waals surface area contributed by atoms with Crippen LogP contribution in [0.25, 0.3) is 5.65 Å². The molecular formula is C23H22F3N5O3S. The largest absolute Gasteiger partial charge is 0.495 e. The molecule has 0 radical (unpaired) electrons. The van der Waals surface area contributed by atoms with Gasteiger partial charge in [0.25, 0.3) is 5.91 Å². The molecule has 12 heteroatoms. The van der Waals surface area contributed by atoms with Crippen molar-refractivity contribution >= 4 is 34.7 Å². The normalized spacial score (nSPS) is 13.5. The molecule has 0 spiro atoms. The number of nitrogens with zero attached hydrogens (tertiary/aromatic N) is 2. The van der Waals surface area contributed by atoms with Gasteiger partial charge in [0.05, 0.1) is 44.3 Å². The SMILES string of the molecule is CNC(=O)c1ccc(NCC#Cc2nc3c(NC4COC4)cccn3c2SC(F)(F)F)c(OC)c1. The molecule has 1 fully saturated rings. The number of halogens is 3. The molecule has 1 saturated heterocycles. The van der Waals surface area contributed by atoms with Gasteiger partial charge in [0.1, 0.15) is 16.5 Å². The van der Waals surface area contributed by atoms with E-state index in [2.05, 4.69) is 32.8 Å². The molecule has 4 rings (SSSR count). The second-order valence-electron chi connectivity index (χ2n) is 7.46. The summed E-state index contributed by atoms with van der Waals surface area (Å²) in [6.45, 7) is 1.17. The van der Waals surface area contributed by atoms with Crippen LogP contribution >= 0.6 is 11.8 Å². The number of fused-ring (bicyclic) bond motifs is 1. The Morgan fingerprint density at radius 2 is 2.11 bits per heavy atom. The smallest absolute Gasteiger partial charge is 0.447 e. The molecule has 3 heterocycles. The molecule has 3 aromatic rings. The second kappa shape index (κ2) is 10.4. The standard InChI is InChI=1S/C23H22F3N5O3S/c1-27-21(32)14-7-8-16(19(11-14)33-2)28-9-3-5-18-22(35-23(24,25)26)31-10-4-6-17(20(31)30-18)29-15-12-34-13-15/h4,6-8,10-11,15,28-29H,9,12-13H2,1-2H3,(H,27,32). The van der Waals surface area contributed by atoms with Gasteiger partial charge in [0, 0.05) is 30.6 Å². The fourth-order valence-corrected chi connectivity index (χ4v) is 4.03. The summed E-state index contributed by atoms with van der Waals surface area (Å²) in [6, 6.07) is 8.37. The first kappa shape index (κ1) is 24.6. The maximum Gasteiger partial charge on any atom is 0.447 e. The van der Waals surface area contributed by atoms with Crippen molar-refractivity contribution in [3.63, 3.8) is 0 Å². The Balaban J connectivity index is 1.58. The minimum Gasteiger partial charge on any atom is -0.495 e. The van der Waals surface area contributed by atoms with Crippen molar-refractivity contribution in [3.8, 4) is 17.6 Å². The van der Waals surface area contributed by atoms with Crippen LogP contribution < -0.4 is 20.7 Å². The third-order valence-electron chi connectivity index (χ3n) is 5.08. The number of aromatic nitrogens is 2. The molecule has 2 aromatic heterocycles. The maximum atomic E-state index is 13.3. The lowest BCUT2D eigenvalue weighted by molar-refractivity contribution is -0.0330. The third-order valence-corrected chi connectivity index (χ3v) is 5.90. The van der Waals surface area contributed by atoms with Gasteiger partial charge in [-0.3, -0.25) is 9.20 Å². The number of nitrogens with one attached hydrogen (secondary N) is 3. The molecule has 0 aliphatic carbocycles. The first-order valence-electron chi connectivity index (χ1n) is 10.5. The number of methoxy groups -OCH3 is 1. The van der Waals surface area contributed by atoms with Gasteiger partial charge in [-0.1, -0.05) is 5.92 Å². The van der Waals surface area contributed by atoms with Crippen LogP contribution in [-0.4, -0.2) is 60.8 Å². The Morgan fingerprint density at radius 1 is 1.31 bits per heavy atom. The number of benzene rings is 1. The Morgan fingerprint density at radius 3 is 2.77 bits per heavy atom. The highest BCUT2D eigenvalue weighted by Crippen LogP contribution is 2.39. The zero-order valence-electron chi connectivity index (χ0n) is 18.8. The van der Waals surface area contributed by atoms with E-state index in [1.54, 1.807) is 30.3 Å². The van der Waals surface area contributed by atoms with Crippen LogP contribution in [0.2, 0.25) is 0 Å². The predicted molar refractivity (Wildman–Crippen MR) is 127 cm³/mol. The number of thioether (sulfide) groups is 1. The molecule has 3 N–H and O–H groups in total. The van der Waals surface area contributed by atoms with Gasteiger partial charge in [-0.25, -0.2) is 4.98 Å². The molecule has 184 valence electrons. The number of imidazole rings is 1. The van der Waals surface area contributed by atoms with Gasteiger partial charge in [-0.05, 0) is 36.3 Å². The van der Waals surface area contributed by atoms with Crippen molar-refractivity contribution in [2.75, 3.05) is 44.5 Å². The summed E-state index contributed by atoms with van der Waals surface area (Å²) in [6.07, 6.45) is 1.53. The van der Waals surface area contributed by atoms with Gasteiger partial charge in [-0.15, -0.1) is 0 Å². The monoisotopic (exact) mass is 505 g/mol. The molecular weight excluding hydrogens is 483 g/mol. The lowest BCUT2D eigenvalue weighted by Crippen LogP contribution is -2.40. The van der Waals surface area contributed by atoms with E-state index in [0.717, 1.165) is 0 Å². The summed E-state index contributed by atoms with van der Waals surface area (Å²) in [5.74, 6) is 5.76. The van der Waals surface area contributed by atoms with E-state index in [4.69, 9.17) is 9.47 Å². The van der Waals surface area contributed by atoms with Gasteiger partial charge < -0.3 is 25.4 Å². The van der Waals surface area contributed by atoms with Crippen molar-refractivity contribution in [2.45, 2.75) is 16.6 Å². The summed E-state index contributed by atoms with van der Waals surface area (Å²) in [5, 5.41) is 8.72. The lowest BCUT2D eigenvalue weighted by atomic mass is 10.1. The lowest BCUT2D eigenvalue weighted by Gasteiger charge is -2.27. The van der Waals surface area contributed by atoms with Crippen LogP contribution in [0.3, 0.4) is 0 Å². The van der Waals surface area contributed by atoms with Gasteiger partial charge in [0.15, 0.2) is 5.65 Å². The number of ether oxygens (including phenoxy) is 2. The Labute approximate surface area is 203 Å². The number of hydrogen-bond donors (Lipinski definition) is 3. The highest BCUT2D eigenvalue weighted by Gasteiger charge is 2.33. The van der Waals surface area contributed by atoms with E-state index >= 15 is 0 Å². The molecule has 0 saturated carbocycles. The molecule has 1 aromatic carbocycles. The van der Waals surface area contributed by atoms with Crippen molar-refractivity contribution in [2.24, 2.45) is 0 Å². The molecule has 1 aliphatic rings. The topological polar surface area (TPSA) is 88.9 Å². The second-order valence-corrected chi connectivity index (χ2v) is 8.51. The van der Waals surface area contributed by atoms with Gasteiger partial charge >= 0.3 is 5.51 Å². The van der Waals surface area contributed by atoms with Crippen molar-refractivity contribution < 1.29 is 27.4 Å². The summed E-state index contributed by atoms with van der Waals surface area (Å²) >= 11 is -0.255. The number of alkyl halides is 3. The highest BCUT2D eigenvalue weighted by atomic mass is 32.2. The number of rotatable bonds is 7. The predicted octanol–water partition coefficient (Wildman–Crippen LogP) is 3.59. The summed E-state index contributed by atoms with van der Waals surface area (Å²) in [7, 11) is 3.00. The van der Waals surface area contributed by atoms with Gasteiger partial charge in [0.2, 0.25) is 0 Å². The summed E-state index contributed by atoms with van der Waals surface area (Å²) in [5.41, 5.74) is -2.50. The van der Waals surface area contributed by atoms with Crippen LogP contribution in [-0.2, 0) is 4.74 Å². The number of carbonyl (C=O) groups excluding carboxylic acids is 1. The van der Waals surface area contributed by atoms with Crippen LogP contribution in [0.15, 0.2) is 41.6 Å². The van der Waals surface area contributed by atoms with E-state index in [1.807, 2.05) is 0 Å². The van der Waals surface area contributed by atoms with Crippen LogP contribution in [0, 0.1) is 11.8 Å². The summed E-state index contributed by atoms with van der Waals surface area (Å²) in [4.78, 5) is 16.2. The van der Waals surface area contributed by atoms with Gasteiger partial charge in [-0.2, -0.15) is 13.2 Å². The number of pyridine rings is 1. The molecule has 1 amide bonds. The Bertz CT molecular complexity index is 1300. The van der Waals surface area contributed by atoms with Crippen LogP contribution in [0.5, 0.6) is 5.75 Å². The molecule has 35 heavy (non-hydrogen) atoms. The minimum atomic E-state index is -4.50. The maximum absolute atomic E-state index is 13.3. The third kappa shape index (κ3) is 5.75. The minimum absolute atomic E-state index is 0.0233. The average molecular weight is 506 g/mol. The fourth-order valence-electron chi connectivity index (χ4n) is 3.38. The van der Waals surface area contributed by atoms with Crippen molar-refractivity contribution in [1.29, 1.82) is 0 Å². The number of carbonyl (C=O) groups is 1. The van der Waals surface area contributed by atoms with Crippen LogP contribution in [0.4, 0.5) is 24.5 Å². The first-order valence-corrected chi connectivity index (χ1v) is 11.3. The van der Waals surface area contributed by atoms with E-state index < -0.39 is 5.51 Å². The van der Waals surface area contributed by atoms with E-state index in [0.29, 0.717) is 41.5 Å². The van der Waals surface area contributed by atoms with Crippen molar-refractivity contribution in [1.82, 2.24) is 14.7 Å². The fraction of sp³-hybridized carbons (Fsp3) is 0.304. The van der Waals surface area contributed by atoms with E-state index in [9.17, 15) is 18.0 Å². The number of hydrogen-bond acceptors (Lipinski definition) is 7. The molecule has 1 aliphatic heterocycles. The quantitative estimate of drug-likeness (QED) is 0.334. The number of anilines is 2. The zero-order chi connectivity index (χ0) is 25.0. The molecule has 0 bridgehead atoms. The molecule has 0 unspecified atom stereocenters. The molecule has 8 nitrogen and oxygen atoms in total. The number of amides is 1. The average Bonchev–Trinajstić information content (AvgIpc) is 3.15. The first-order chi connectivity index (χ1) is 16.8. The highest BCUT2D eigenvalue weighted by molar-refractivity contribution is 8.00. The zero-order valence-corrected chi connectivity index (χ0v) is 19.6. The van der Waals surface area contributed by atoms with E-state index in [-0.39, 0.29) is 41.0 Å². The Kier molecular flexibility index (Phi) is 7.28. The Hall–Kier alpha value is -3.56. The van der Waals surface area contributed by atoms with Crippen LogP contribution in [0.1, 0.15) is 16.1 Å². The summed E-state index contributed by atoms with van der Waals surface area (Å²) < 4.78 is 51.7.